The predicted molar refractivity (Wildman–Crippen MR) is 48.2 cm³/mol. The molecule has 0 radical (unpaired) electrons. The van der Waals surface area contributed by atoms with Crippen molar-refractivity contribution in [2.24, 2.45) is 5.92 Å². The van der Waals surface area contributed by atoms with Gasteiger partial charge in [-0.1, -0.05) is 0 Å². The van der Waals surface area contributed by atoms with Gasteiger partial charge in [0.05, 0.1) is 0 Å². The fourth-order valence-electron chi connectivity index (χ4n) is 1.85. The number of likely N-dealkylation sites (tertiary alicyclic amines) is 1. The van der Waals surface area contributed by atoms with Gasteiger partial charge in [-0.2, -0.15) is 0 Å². The van der Waals surface area contributed by atoms with E-state index < -0.39 is 0 Å². The molecular weight excluding hydrogens is 174 g/mol. The minimum Gasteiger partial charge on any atom is -0.338 e. The van der Waals surface area contributed by atoms with E-state index in [1.54, 1.807) is 0 Å². The van der Waals surface area contributed by atoms with Crippen LogP contribution in [0.4, 0.5) is 0 Å². The van der Waals surface area contributed by atoms with Gasteiger partial charge in [-0.15, -0.1) is 11.6 Å². The lowest BCUT2D eigenvalue weighted by atomic mass is 10.2. The highest BCUT2D eigenvalue weighted by Crippen LogP contribution is 2.33. The van der Waals surface area contributed by atoms with Crippen molar-refractivity contribution in [1.82, 2.24) is 4.90 Å². The second kappa shape index (κ2) is 3.25. The highest BCUT2D eigenvalue weighted by atomic mass is 35.5. The van der Waals surface area contributed by atoms with Gasteiger partial charge in [-0.3, -0.25) is 4.79 Å². The molecule has 1 saturated carbocycles. The molecule has 0 spiro atoms. The maximum absolute atomic E-state index is 11.6. The SMILES string of the molecule is O=C(C1CC1)N1CCC[C@H]1CCl. The van der Waals surface area contributed by atoms with Crippen molar-refractivity contribution in [3.05, 3.63) is 0 Å². The zero-order valence-corrected chi connectivity index (χ0v) is 7.89. The van der Waals surface area contributed by atoms with E-state index in [9.17, 15) is 4.79 Å². The standard InChI is InChI=1S/C9H14ClNO/c10-6-8-2-1-5-11(8)9(12)7-3-4-7/h7-8H,1-6H2/t8-/m0/s1. The van der Waals surface area contributed by atoms with E-state index in [4.69, 9.17) is 11.6 Å². The average molecular weight is 188 g/mol. The van der Waals surface area contributed by atoms with Crippen molar-refractivity contribution in [3.63, 3.8) is 0 Å². The zero-order valence-electron chi connectivity index (χ0n) is 7.13. The van der Waals surface area contributed by atoms with Gasteiger partial charge in [-0.05, 0) is 25.7 Å². The van der Waals surface area contributed by atoms with Crippen LogP contribution in [-0.4, -0.2) is 29.3 Å². The third-order valence-corrected chi connectivity index (χ3v) is 3.12. The van der Waals surface area contributed by atoms with E-state index in [-0.39, 0.29) is 0 Å². The van der Waals surface area contributed by atoms with Gasteiger partial charge < -0.3 is 4.90 Å². The fourth-order valence-corrected chi connectivity index (χ4v) is 2.17. The molecule has 1 saturated heterocycles. The first-order valence-electron chi connectivity index (χ1n) is 4.69. The predicted octanol–water partition coefficient (Wildman–Crippen LogP) is 1.63. The molecular formula is C9H14ClNO. The number of halogens is 1. The Balaban J connectivity index is 1.96. The molecule has 68 valence electrons. The number of amides is 1. The van der Waals surface area contributed by atoms with Gasteiger partial charge in [0.1, 0.15) is 0 Å². The molecule has 2 aliphatic rings. The van der Waals surface area contributed by atoms with Crippen LogP contribution in [-0.2, 0) is 4.79 Å². The largest absolute Gasteiger partial charge is 0.338 e. The molecule has 0 aromatic rings. The first-order chi connectivity index (χ1) is 5.83. The maximum Gasteiger partial charge on any atom is 0.225 e. The molecule has 0 bridgehead atoms. The van der Waals surface area contributed by atoms with E-state index in [1.807, 2.05) is 4.90 Å². The number of carbonyl (C=O) groups excluding carboxylic acids is 1. The Kier molecular flexibility index (Phi) is 2.26. The van der Waals surface area contributed by atoms with Gasteiger partial charge in [0, 0.05) is 24.4 Å². The highest BCUT2D eigenvalue weighted by Gasteiger charge is 2.37. The molecule has 1 heterocycles. The van der Waals surface area contributed by atoms with Gasteiger partial charge in [0.2, 0.25) is 5.91 Å². The summed E-state index contributed by atoms with van der Waals surface area (Å²) in [6.07, 6.45) is 4.44. The van der Waals surface area contributed by atoms with Gasteiger partial charge in [0.25, 0.3) is 0 Å². The monoisotopic (exact) mass is 187 g/mol. The number of rotatable bonds is 2. The zero-order chi connectivity index (χ0) is 8.55. The highest BCUT2D eigenvalue weighted by molar-refractivity contribution is 6.18. The summed E-state index contributed by atoms with van der Waals surface area (Å²) < 4.78 is 0. The minimum atomic E-state index is 0.333. The molecule has 0 unspecified atom stereocenters. The van der Waals surface area contributed by atoms with E-state index in [0.29, 0.717) is 23.7 Å². The minimum absolute atomic E-state index is 0.333. The number of alkyl halides is 1. The molecule has 1 atom stereocenters. The topological polar surface area (TPSA) is 20.3 Å². The Morgan fingerprint density at radius 3 is 2.75 bits per heavy atom. The summed E-state index contributed by atoms with van der Waals surface area (Å²) >= 11 is 5.78. The Morgan fingerprint density at radius 1 is 1.42 bits per heavy atom. The van der Waals surface area contributed by atoms with Crippen molar-refractivity contribution in [3.8, 4) is 0 Å². The first kappa shape index (κ1) is 8.36. The van der Waals surface area contributed by atoms with Crippen LogP contribution in [0, 0.1) is 5.92 Å². The van der Waals surface area contributed by atoms with E-state index in [0.717, 1.165) is 32.2 Å². The molecule has 0 N–H and O–H groups in total. The van der Waals surface area contributed by atoms with E-state index in [2.05, 4.69) is 0 Å². The van der Waals surface area contributed by atoms with Crippen LogP contribution in [0.5, 0.6) is 0 Å². The third-order valence-electron chi connectivity index (χ3n) is 2.76. The molecule has 3 heteroatoms. The van der Waals surface area contributed by atoms with Crippen LogP contribution in [0.1, 0.15) is 25.7 Å². The van der Waals surface area contributed by atoms with Crippen LogP contribution >= 0.6 is 11.6 Å². The van der Waals surface area contributed by atoms with Crippen molar-refractivity contribution >= 4 is 17.5 Å². The maximum atomic E-state index is 11.6. The van der Waals surface area contributed by atoms with E-state index >= 15 is 0 Å². The molecule has 12 heavy (non-hydrogen) atoms. The number of carbonyl (C=O) groups is 1. The normalized spacial score (nSPS) is 29.4. The van der Waals surface area contributed by atoms with E-state index in [1.165, 1.54) is 0 Å². The molecule has 1 aliphatic heterocycles. The van der Waals surface area contributed by atoms with Crippen LogP contribution < -0.4 is 0 Å². The number of hydrogen-bond acceptors (Lipinski definition) is 1. The Bertz CT molecular complexity index is 191. The lowest BCUT2D eigenvalue weighted by molar-refractivity contribution is -0.133. The second-order valence-electron chi connectivity index (χ2n) is 3.76. The smallest absolute Gasteiger partial charge is 0.225 e. The summed E-state index contributed by atoms with van der Waals surface area (Å²) in [7, 11) is 0. The lowest BCUT2D eigenvalue weighted by Crippen LogP contribution is -2.37. The van der Waals surface area contributed by atoms with Crippen molar-refractivity contribution in [1.29, 1.82) is 0 Å². The summed E-state index contributed by atoms with van der Waals surface area (Å²) in [5.41, 5.74) is 0. The summed E-state index contributed by atoms with van der Waals surface area (Å²) in [5, 5.41) is 0. The quantitative estimate of drug-likeness (QED) is 0.602. The molecule has 1 aliphatic carbocycles. The lowest BCUT2D eigenvalue weighted by Gasteiger charge is -2.22. The van der Waals surface area contributed by atoms with Crippen LogP contribution in [0.15, 0.2) is 0 Å². The molecule has 2 fully saturated rings. The number of hydrogen-bond donors (Lipinski definition) is 0. The van der Waals surface area contributed by atoms with Crippen LogP contribution in [0.25, 0.3) is 0 Å². The van der Waals surface area contributed by atoms with Crippen molar-refractivity contribution in [2.75, 3.05) is 12.4 Å². The van der Waals surface area contributed by atoms with Crippen molar-refractivity contribution in [2.45, 2.75) is 31.7 Å². The third kappa shape index (κ3) is 1.45. The van der Waals surface area contributed by atoms with Crippen LogP contribution in [0.2, 0.25) is 0 Å². The van der Waals surface area contributed by atoms with Crippen molar-refractivity contribution < 1.29 is 4.79 Å². The Hall–Kier alpha value is -0.240. The summed E-state index contributed by atoms with van der Waals surface area (Å²) in [5.74, 6) is 1.32. The molecule has 0 aromatic carbocycles. The Labute approximate surface area is 77.9 Å². The summed E-state index contributed by atoms with van der Waals surface area (Å²) in [4.78, 5) is 13.6. The van der Waals surface area contributed by atoms with Crippen LogP contribution in [0.3, 0.4) is 0 Å². The number of nitrogens with zero attached hydrogens (tertiary/aromatic N) is 1. The second-order valence-corrected chi connectivity index (χ2v) is 4.06. The van der Waals surface area contributed by atoms with Gasteiger partial charge >= 0.3 is 0 Å². The fraction of sp³-hybridized carbons (Fsp3) is 0.889. The summed E-state index contributed by atoms with van der Waals surface area (Å²) in [6.45, 7) is 0.937. The molecule has 2 nitrogen and oxygen atoms in total. The molecule has 1 amide bonds. The Morgan fingerprint density at radius 2 is 2.17 bits per heavy atom. The summed E-state index contributed by atoms with van der Waals surface area (Å²) in [6, 6.07) is 0.333. The molecule has 0 aromatic heterocycles. The van der Waals surface area contributed by atoms with Gasteiger partial charge in [-0.25, -0.2) is 0 Å². The molecule has 2 rings (SSSR count). The first-order valence-corrected chi connectivity index (χ1v) is 5.23. The average Bonchev–Trinajstić information content (AvgIpc) is 2.82. The van der Waals surface area contributed by atoms with Gasteiger partial charge in [0.15, 0.2) is 0 Å².